The number of urea groups is 1. The van der Waals surface area contributed by atoms with Gasteiger partial charge in [0.25, 0.3) is 11.8 Å². The van der Waals surface area contributed by atoms with Crippen molar-refractivity contribution in [2.24, 2.45) is 0 Å². The fourth-order valence-corrected chi connectivity index (χ4v) is 3.87. The second-order valence-electron chi connectivity index (χ2n) is 7.28. The molecule has 1 aliphatic heterocycles. The second-order valence-corrected chi connectivity index (χ2v) is 8.74. The standard InChI is InChI=1S/C17H25N3O4S/c1-9-7-12(11(3)25-9)10(2)18-13(21)17(6,24)8-20-14(22)16(4,5)19-15(20)23/h7,10,24H,8H2,1-6H3,(H,18,21)(H,19,23)/t10-,17+/m0/s1. The van der Waals surface area contributed by atoms with Gasteiger partial charge in [-0.05, 0) is 53.2 Å². The van der Waals surface area contributed by atoms with Crippen LogP contribution in [0.15, 0.2) is 6.07 Å². The predicted octanol–water partition coefficient (Wildman–Crippen LogP) is 1.62. The van der Waals surface area contributed by atoms with Crippen molar-refractivity contribution in [1.82, 2.24) is 15.5 Å². The number of amides is 4. The third-order valence-corrected chi connectivity index (χ3v) is 5.27. The number of carbonyl (C=O) groups is 3. The first-order valence-electron chi connectivity index (χ1n) is 8.09. The number of aliphatic hydroxyl groups is 1. The van der Waals surface area contributed by atoms with E-state index in [1.165, 1.54) is 6.92 Å². The minimum atomic E-state index is -1.89. The van der Waals surface area contributed by atoms with Crippen LogP contribution in [0.3, 0.4) is 0 Å². The van der Waals surface area contributed by atoms with Gasteiger partial charge in [0.05, 0.1) is 12.6 Å². The Balaban J connectivity index is 2.09. The summed E-state index contributed by atoms with van der Waals surface area (Å²) in [4.78, 5) is 39.8. The highest BCUT2D eigenvalue weighted by Crippen LogP contribution is 2.27. The van der Waals surface area contributed by atoms with Gasteiger partial charge in [0.2, 0.25) is 0 Å². The number of nitrogens with zero attached hydrogens (tertiary/aromatic N) is 1. The third kappa shape index (κ3) is 3.85. The summed E-state index contributed by atoms with van der Waals surface area (Å²) in [5, 5.41) is 15.8. The van der Waals surface area contributed by atoms with E-state index < -0.39 is 35.5 Å². The molecule has 2 rings (SSSR count). The van der Waals surface area contributed by atoms with Crippen LogP contribution >= 0.6 is 11.3 Å². The minimum Gasteiger partial charge on any atom is -0.378 e. The average molecular weight is 367 g/mol. The monoisotopic (exact) mass is 367 g/mol. The highest BCUT2D eigenvalue weighted by molar-refractivity contribution is 7.12. The van der Waals surface area contributed by atoms with Crippen molar-refractivity contribution >= 4 is 29.2 Å². The number of imide groups is 1. The zero-order valence-electron chi connectivity index (χ0n) is 15.4. The van der Waals surface area contributed by atoms with E-state index in [4.69, 9.17) is 0 Å². The van der Waals surface area contributed by atoms with Gasteiger partial charge in [-0.25, -0.2) is 4.79 Å². The zero-order valence-corrected chi connectivity index (χ0v) is 16.2. The van der Waals surface area contributed by atoms with E-state index in [9.17, 15) is 19.5 Å². The highest BCUT2D eigenvalue weighted by Gasteiger charge is 2.48. The minimum absolute atomic E-state index is 0.288. The summed E-state index contributed by atoms with van der Waals surface area (Å²) in [6.45, 7) is 9.85. The molecule has 1 aromatic heterocycles. The topological polar surface area (TPSA) is 98.7 Å². The van der Waals surface area contributed by atoms with Crippen LogP contribution in [-0.4, -0.2) is 45.5 Å². The molecule has 4 amide bonds. The number of hydrogen-bond donors (Lipinski definition) is 3. The van der Waals surface area contributed by atoms with E-state index in [0.717, 1.165) is 20.2 Å². The molecule has 1 aromatic rings. The molecule has 0 radical (unpaired) electrons. The van der Waals surface area contributed by atoms with E-state index in [0.29, 0.717) is 0 Å². The lowest BCUT2D eigenvalue weighted by atomic mass is 10.0. The van der Waals surface area contributed by atoms with Crippen LogP contribution in [0.2, 0.25) is 0 Å². The van der Waals surface area contributed by atoms with E-state index in [-0.39, 0.29) is 6.04 Å². The van der Waals surface area contributed by atoms with Gasteiger partial charge in [-0.1, -0.05) is 0 Å². The largest absolute Gasteiger partial charge is 0.378 e. The zero-order chi connectivity index (χ0) is 19.2. The van der Waals surface area contributed by atoms with E-state index in [2.05, 4.69) is 10.6 Å². The molecular weight excluding hydrogens is 342 g/mol. The summed E-state index contributed by atoms with van der Waals surface area (Å²) < 4.78 is 0. The van der Waals surface area contributed by atoms with Crippen molar-refractivity contribution in [3.05, 3.63) is 21.4 Å². The van der Waals surface area contributed by atoms with Crippen molar-refractivity contribution < 1.29 is 19.5 Å². The molecule has 0 saturated carbocycles. The van der Waals surface area contributed by atoms with Crippen LogP contribution in [0.25, 0.3) is 0 Å². The van der Waals surface area contributed by atoms with Crippen LogP contribution < -0.4 is 10.6 Å². The Hall–Kier alpha value is -1.93. The van der Waals surface area contributed by atoms with Gasteiger partial charge in [0.15, 0.2) is 5.60 Å². The maximum absolute atomic E-state index is 12.5. The lowest BCUT2D eigenvalue weighted by molar-refractivity contribution is -0.143. The van der Waals surface area contributed by atoms with Gasteiger partial charge in [0.1, 0.15) is 5.54 Å². The Morgan fingerprint density at radius 1 is 1.44 bits per heavy atom. The summed E-state index contributed by atoms with van der Waals surface area (Å²) in [5.41, 5.74) is -1.94. The Kier molecular flexibility index (Phi) is 4.98. The normalized spacial score (nSPS) is 20.2. The maximum Gasteiger partial charge on any atom is 0.325 e. The number of hydrogen-bond acceptors (Lipinski definition) is 5. The van der Waals surface area contributed by atoms with Gasteiger partial charge >= 0.3 is 6.03 Å². The maximum atomic E-state index is 12.5. The van der Waals surface area contributed by atoms with E-state index in [1.54, 1.807) is 25.2 Å². The van der Waals surface area contributed by atoms with Crippen LogP contribution in [0.1, 0.15) is 49.1 Å². The molecule has 8 heteroatoms. The molecule has 0 bridgehead atoms. The Labute approximate surface area is 151 Å². The fraction of sp³-hybridized carbons (Fsp3) is 0.588. The predicted molar refractivity (Wildman–Crippen MR) is 95.3 cm³/mol. The van der Waals surface area contributed by atoms with Gasteiger partial charge in [-0.3, -0.25) is 14.5 Å². The number of carbonyl (C=O) groups excluding carboxylic acids is 3. The fourth-order valence-electron chi connectivity index (χ4n) is 2.85. The summed E-state index contributed by atoms with van der Waals surface area (Å²) >= 11 is 1.64. The third-order valence-electron chi connectivity index (χ3n) is 4.29. The van der Waals surface area contributed by atoms with E-state index in [1.807, 2.05) is 26.8 Å². The molecule has 2 heterocycles. The molecule has 2 atom stereocenters. The first kappa shape index (κ1) is 19.4. The Bertz CT molecular complexity index is 723. The smallest absolute Gasteiger partial charge is 0.325 e. The number of thiophene rings is 1. The summed E-state index contributed by atoms with van der Waals surface area (Å²) in [6.07, 6.45) is 0. The number of aryl methyl sites for hydroxylation is 2. The first-order chi connectivity index (χ1) is 11.3. The average Bonchev–Trinajstić information content (AvgIpc) is 2.90. The van der Waals surface area contributed by atoms with Crippen LogP contribution in [0.4, 0.5) is 4.79 Å². The number of rotatable bonds is 5. The molecule has 1 fully saturated rings. The van der Waals surface area contributed by atoms with Gasteiger partial charge in [-0.15, -0.1) is 11.3 Å². The van der Waals surface area contributed by atoms with E-state index >= 15 is 0 Å². The highest BCUT2D eigenvalue weighted by atomic mass is 32.1. The summed E-state index contributed by atoms with van der Waals surface area (Å²) in [5.74, 6) is -1.10. The lowest BCUT2D eigenvalue weighted by Gasteiger charge is -2.28. The van der Waals surface area contributed by atoms with Gasteiger partial charge in [-0.2, -0.15) is 0 Å². The molecule has 1 aliphatic rings. The van der Waals surface area contributed by atoms with Crippen molar-refractivity contribution in [3.8, 4) is 0 Å². The first-order valence-corrected chi connectivity index (χ1v) is 8.91. The molecule has 0 spiro atoms. The van der Waals surface area contributed by atoms with Gasteiger partial charge in [0, 0.05) is 9.75 Å². The van der Waals surface area contributed by atoms with Crippen molar-refractivity contribution in [2.75, 3.05) is 6.54 Å². The molecule has 3 N–H and O–H groups in total. The molecule has 0 aliphatic carbocycles. The van der Waals surface area contributed by atoms with Crippen molar-refractivity contribution in [1.29, 1.82) is 0 Å². The summed E-state index contributed by atoms with van der Waals surface area (Å²) in [6, 6.07) is 1.10. The second kappa shape index (κ2) is 6.42. The van der Waals surface area contributed by atoms with Crippen molar-refractivity contribution in [3.63, 3.8) is 0 Å². The summed E-state index contributed by atoms with van der Waals surface area (Å²) in [7, 11) is 0. The lowest BCUT2D eigenvalue weighted by Crippen LogP contribution is -2.54. The number of nitrogens with one attached hydrogen (secondary N) is 2. The number of β-amino-alcohol motifs (C(OH)–C–C–N with tert-alkyl or cyclic N) is 1. The molecule has 0 unspecified atom stereocenters. The molecule has 7 nitrogen and oxygen atoms in total. The van der Waals surface area contributed by atoms with Gasteiger partial charge < -0.3 is 15.7 Å². The Morgan fingerprint density at radius 3 is 2.48 bits per heavy atom. The quantitative estimate of drug-likeness (QED) is 0.689. The molecule has 25 heavy (non-hydrogen) atoms. The molecule has 1 saturated heterocycles. The molecule has 138 valence electrons. The molecule has 0 aromatic carbocycles. The van der Waals surface area contributed by atoms with Crippen LogP contribution in [-0.2, 0) is 9.59 Å². The molecular formula is C17H25N3O4S. The SMILES string of the molecule is Cc1cc([C@H](C)NC(=O)[C@](C)(O)CN2C(=O)NC(C)(C)C2=O)c(C)s1. The Morgan fingerprint density at radius 2 is 2.04 bits per heavy atom. The van der Waals surface area contributed by atoms with Crippen LogP contribution in [0, 0.1) is 13.8 Å². The van der Waals surface area contributed by atoms with Crippen LogP contribution in [0.5, 0.6) is 0 Å². The van der Waals surface area contributed by atoms with Crippen molar-refractivity contribution in [2.45, 2.75) is 58.7 Å².